The second-order valence-electron chi connectivity index (χ2n) is 10.9. The molecule has 0 unspecified atom stereocenters. The van der Waals surface area contributed by atoms with Crippen molar-refractivity contribution in [3.8, 4) is 11.5 Å². The molecule has 0 N–H and O–H groups in total. The van der Waals surface area contributed by atoms with Gasteiger partial charge in [0.15, 0.2) is 11.5 Å². The summed E-state index contributed by atoms with van der Waals surface area (Å²) in [4.78, 5) is 33.4. The topological polar surface area (TPSA) is 59.1 Å². The molecule has 0 atom stereocenters. The van der Waals surface area contributed by atoms with E-state index in [0.717, 1.165) is 29.7 Å². The van der Waals surface area contributed by atoms with Gasteiger partial charge in [-0.2, -0.15) is 0 Å². The van der Waals surface area contributed by atoms with Gasteiger partial charge in [0, 0.05) is 27.9 Å². The number of aryl methyl sites for hydroxylation is 2. The lowest BCUT2D eigenvalue weighted by Crippen LogP contribution is -2.44. The highest BCUT2D eigenvalue weighted by Crippen LogP contribution is 2.30. The number of hydrogen-bond acceptors (Lipinski definition) is 5. The molecule has 3 aromatic rings. The molecule has 1 aliphatic carbocycles. The molecule has 6 nitrogen and oxygen atoms in total. The molecule has 41 heavy (non-hydrogen) atoms. The second-order valence-corrected chi connectivity index (χ2v) is 12.3. The minimum absolute atomic E-state index is 0.0238. The van der Waals surface area contributed by atoms with Crippen LogP contribution in [-0.2, 0) is 24.2 Å². The van der Waals surface area contributed by atoms with E-state index in [9.17, 15) is 9.59 Å². The SMILES string of the molecule is CCCCCCc1ccc(C(=O)N(CC(=O)N(CCc2ccc(OC)c(OC)c2)Cc2ccc(C)s2)C2CC2)cc1. The van der Waals surface area contributed by atoms with Crippen LogP contribution in [0.1, 0.15) is 76.7 Å². The van der Waals surface area contributed by atoms with Gasteiger partial charge >= 0.3 is 0 Å². The van der Waals surface area contributed by atoms with E-state index in [-0.39, 0.29) is 24.4 Å². The molecule has 220 valence electrons. The van der Waals surface area contributed by atoms with Gasteiger partial charge in [0.2, 0.25) is 5.91 Å². The van der Waals surface area contributed by atoms with Crippen molar-refractivity contribution < 1.29 is 19.1 Å². The monoisotopic (exact) mass is 576 g/mol. The van der Waals surface area contributed by atoms with Crippen molar-refractivity contribution >= 4 is 23.2 Å². The zero-order valence-electron chi connectivity index (χ0n) is 25.0. The van der Waals surface area contributed by atoms with Crippen LogP contribution in [0.25, 0.3) is 0 Å². The minimum atomic E-state index is -0.0507. The van der Waals surface area contributed by atoms with Crippen molar-refractivity contribution in [2.75, 3.05) is 27.3 Å². The lowest BCUT2D eigenvalue weighted by atomic mass is 10.0. The number of methoxy groups -OCH3 is 2. The van der Waals surface area contributed by atoms with Crippen molar-refractivity contribution in [3.63, 3.8) is 0 Å². The maximum Gasteiger partial charge on any atom is 0.254 e. The minimum Gasteiger partial charge on any atom is -0.493 e. The molecule has 1 saturated carbocycles. The van der Waals surface area contributed by atoms with Crippen LogP contribution in [0.15, 0.2) is 54.6 Å². The van der Waals surface area contributed by atoms with Crippen LogP contribution >= 0.6 is 11.3 Å². The van der Waals surface area contributed by atoms with Crippen LogP contribution in [0.2, 0.25) is 0 Å². The van der Waals surface area contributed by atoms with Crippen LogP contribution in [0.4, 0.5) is 0 Å². The zero-order valence-corrected chi connectivity index (χ0v) is 25.8. The van der Waals surface area contributed by atoms with E-state index < -0.39 is 0 Å². The first-order valence-corrected chi connectivity index (χ1v) is 15.7. The zero-order chi connectivity index (χ0) is 29.2. The van der Waals surface area contributed by atoms with Crippen molar-refractivity contribution in [1.29, 1.82) is 0 Å². The van der Waals surface area contributed by atoms with Gasteiger partial charge < -0.3 is 19.3 Å². The number of amides is 2. The van der Waals surface area contributed by atoms with Crippen LogP contribution in [0, 0.1) is 6.92 Å². The van der Waals surface area contributed by atoms with E-state index in [4.69, 9.17) is 9.47 Å². The third-order valence-corrected chi connectivity index (χ3v) is 8.67. The third-order valence-electron chi connectivity index (χ3n) is 7.69. The Morgan fingerprint density at radius 3 is 2.24 bits per heavy atom. The third kappa shape index (κ3) is 8.83. The number of nitrogens with zero attached hydrogens (tertiary/aromatic N) is 2. The summed E-state index contributed by atoms with van der Waals surface area (Å²) in [5.74, 6) is 1.28. The number of carbonyl (C=O) groups is 2. The largest absolute Gasteiger partial charge is 0.493 e. The smallest absolute Gasteiger partial charge is 0.254 e. The molecule has 7 heteroatoms. The molecule has 0 radical (unpaired) electrons. The Morgan fingerprint density at radius 2 is 1.61 bits per heavy atom. The van der Waals surface area contributed by atoms with Gasteiger partial charge in [-0.05, 0) is 86.6 Å². The highest BCUT2D eigenvalue weighted by atomic mass is 32.1. The Hall–Kier alpha value is -3.32. The van der Waals surface area contributed by atoms with Gasteiger partial charge in [-0.25, -0.2) is 0 Å². The summed E-state index contributed by atoms with van der Waals surface area (Å²) in [6.45, 7) is 5.47. The molecular weight excluding hydrogens is 532 g/mol. The van der Waals surface area contributed by atoms with Crippen molar-refractivity contribution in [2.24, 2.45) is 0 Å². The number of ether oxygens (including phenoxy) is 2. The van der Waals surface area contributed by atoms with Crippen molar-refractivity contribution in [3.05, 3.63) is 81.0 Å². The summed E-state index contributed by atoms with van der Waals surface area (Å²) in [6.07, 6.45) is 8.51. The summed E-state index contributed by atoms with van der Waals surface area (Å²) >= 11 is 1.71. The number of carbonyl (C=O) groups excluding carboxylic acids is 2. The molecule has 1 aliphatic rings. The predicted octanol–water partition coefficient (Wildman–Crippen LogP) is 7.07. The van der Waals surface area contributed by atoms with Gasteiger partial charge in [-0.1, -0.05) is 44.4 Å². The highest BCUT2D eigenvalue weighted by molar-refractivity contribution is 7.11. The lowest BCUT2D eigenvalue weighted by Gasteiger charge is -2.28. The molecule has 4 rings (SSSR count). The first kappa shape index (κ1) is 30.6. The first-order valence-electron chi connectivity index (χ1n) is 14.9. The number of hydrogen-bond donors (Lipinski definition) is 0. The van der Waals surface area contributed by atoms with E-state index >= 15 is 0 Å². The van der Waals surface area contributed by atoms with E-state index in [1.807, 2.05) is 35.2 Å². The summed E-state index contributed by atoms with van der Waals surface area (Å²) in [6, 6.07) is 18.2. The molecule has 1 aromatic heterocycles. The molecule has 1 fully saturated rings. The summed E-state index contributed by atoms with van der Waals surface area (Å²) in [5.41, 5.74) is 2.99. The number of thiophene rings is 1. The van der Waals surface area contributed by atoms with E-state index in [1.165, 1.54) is 36.1 Å². The maximum atomic E-state index is 13.8. The molecule has 1 heterocycles. The molecular formula is C34H44N2O4S. The summed E-state index contributed by atoms with van der Waals surface area (Å²) in [5, 5.41) is 0. The van der Waals surface area contributed by atoms with Gasteiger partial charge in [-0.15, -0.1) is 11.3 Å². The fraction of sp³-hybridized carbons (Fsp3) is 0.471. The van der Waals surface area contributed by atoms with E-state index in [2.05, 4.69) is 38.1 Å². The van der Waals surface area contributed by atoms with E-state index in [0.29, 0.717) is 36.6 Å². The van der Waals surface area contributed by atoms with Crippen molar-refractivity contribution in [1.82, 2.24) is 9.80 Å². The van der Waals surface area contributed by atoms with Gasteiger partial charge in [0.1, 0.15) is 6.54 Å². The predicted molar refractivity (Wildman–Crippen MR) is 166 cm³/mol. The molecule has 0 saturated heterocycles. The van der Waals surface area contributed by atoms with Crippen LogP contribution in [-0.4, -0.2) is 55.0 Å². The van der Waals surface area contributed by atoms with Gasteiger partial charge in [-0.3, -0.25) is 9.59 Å². The normalized spacial score (nSPS) is 12.7. The fourth-order valence-corrected chi connectivity index (χ4v) is 5.99. The molecule has 0 spiro atoms. The quantitative estimate of drug-likeness (QED) is 0.171. The molecule has 0 aliphatic heterocycles. The van der Waals surface area contributed by atoms with Crippen LogP contribution < -0.4 is 9.47 Å². The van der Waals surface area contributed by atoms with Crippen molar-refractivity contribution in [2.45, 2.75) is 77.8 Å². The summed E-state index contributed by atoms with van der Waals surface area (Å²) < 4.78 is 10.8. The lowest BCUT2D eigenvalue weighted by molar-refractivity contribution is -0.132. The average molecular weight is 577 g/mol. The second kappa shape index (κ2) is 15.1. The van der Waals surface area contributed by atoms with Gasteiger partial charge in [0.05, 0.1) is 20.8 Å². The average Bonchev–Trinajstić information content (AvgIpc) is 3.76. The summed E-state index contributed by atoms with van der Waals surface area (Å²) in [7, 11) is 3.25. The fourth-order valence-electron chi connectivity index (χ4n) is 5.08. The number of rotatable bonds is 16. The Balaban J connectivity index is 1.44. The highest BCUT2D eigenvalue weighted by Gasteiger charge is 2.35. The Kier molecular flexibility index (Phi) is 11.3. The van der Waals surface area contributed by atoms with E-state index in [1.54, 1.807) is 30.5 Å². The molecule has 2 aromatic carbocycles. The van der Waals surface area contributed by atoms with Gasteiger partial charge in [0.25, 0.3) is 5.91 Å². The van der Waals surface area contributed by atoms with Crippen LogP contribution in [0.5, 0.6) is 11.5 Å². The Labute approximate surface area is 249 Å². The standard InChI is InChI=1S/C34H44N2O4S/c1-5-6-7-8-9-26-11-14-28(15-12-26)34(38)36(29-16-17-29)24-33(37)35(23-30-18-10-25(2)41-30)21-20-27-13-19-31(39-3)32(22-27)40-4/h10-15,18-19,22,29H,5-9,16-17,20-21,23-24H2,1-4H3. The van der Waals surface area contributed by atoms with Crippen LogP contribution in [0.3, 0.4) is 0 Å². The molecule has 2 amide bonds. The molecule has 0 bridgehead atoms. The number of unbranched alkanes of at least 4 members (excludes halogenated alkanes) is 3. The maximum absolute atomic E-state index is 13.8. The Morgan fingerprint density at radius 1 is 0.878 bits per heavy atom. The Bertz CT molecular complexity index is 1280. The number of benzene rings is 2. The first-order chi connectivity index (χ1) is 19.9.